The molecule has 0 radical (unpaired) electrons. The first-order chi connectivity index (χ1) is 9.51. The van der Waals surface area contributed by atoms with Crippen LogP contribution in [0, 0.1) is 17.2 Å². The van der Waals surface area contributed by atoms with Crippen LogP contribution < -0.4 is 0 Å². The van der Waals surface area contributed by atoms with E-state index in [0.29, 0.717) is 18.3 Å². The molecule has 0 aromatic heterocycles. The van der Waals surface area contributed by atoms with Crippen LogP contribution in [-0.4, -0.2) is 12.8 Å². The lowest BCUT2D eigenvalue weighted by Crippen LogP contribution is -2.01. The fourth-order valence-corrected chi connectivity index (χ4v) is 2.22. The highest BCUT2D eigenvalue weighted by Crippen LogP contribution is 2.21. The van der Waals surface area contributed by atoms with E-state index in [0.717, 1.165) is 24.1 Å². The van der Waals surface area contributed by atoms with Crippen molar-refractivity contribution in [3.05, 3.63) is 47.8 Å². The zero-order chi connectivity index (χ0) is 15.0. The largest absolute Gasteiger partial charge is 0.488 e. The summed E-state index contributed by atoms with van der Waals surface area (Å²) in [5.41, 5.74) is 2.68. The Labute approximate surface area is 123 Å². The minimum atomic E-state index is 0.405. The number of allylic oxidation sites excluding steroid dienone is 5. The molecule has 1 unspecified atom stereocenters. The van der Waals surface area contributed by atoms with Gasteiger partial charge in [0.15, 0.2) is 0 Å². The molecule has 0 amide bonds. The van der Waals surface area contributed by atoms with Crippen molar-refractivity contribution in [2.24, 2.45) is 11.8 Å². The lowest BCUT2D eigenvalue weighted by molar-refractivity contribution is 0.265. The molecule has 1 aliphatic rings. The molecule has 2 nitrogen and oxygen atoms in total. The van der Waals surface area contributed by atoms with Crippen LogP contribution in [0.1, 0.15) is 40.0 Å². The Bertz CT molecular complexity index is 427. The summed E-state index contributed by atoms with van der Waals surface area (Å²) in [5, 5.41) is 7.05. The summed E-state index contributed by atoms with van der Waals surface area (Å²) in [6, 6.07) is 0. The third-order valence-corrected chi connectivity index (χ3v) is 3.32. The van der Waals surface area contributed by atoms with Gasteiger partial charge in [0.1, 0.15) is 12.4 Å². The van der Waals surface area contributed by atoms with Crippen LogP contribution in [0.25, 0.3) is 0 Å². The highest BCUT2D eigenvalue weighted by Gasteiger charge is 2.06. The standard InChI is InChI=1S/C18H27NO/c1-14(2)8-9-17-6-5-7-18(11-15(3)10-17)13-20-16(4)12-19/h5,7,10-12,14-15,19H,4,6,8-9,13H2,1-3H3/b7-5-,17-10+,18-11+,19-12?. The minimum absolute atomic E-state index is 0.405. The third kappa shape index (κ3) is 6.55. The molecule has 0 bridgehead atoms. The second kappa shape index (κ2) is 8.57. The van der Waals surface area contributed by atoms with Gasteiger partial charge in [-0.25, -0.2) is 0 Å². The van der Waals surface area contributed by atoms with Crippen LogP contribution >= 0.6 is 0 Å². The Morgan fingerprint density at radius 1 is 1.50 bits per heavy atom. The fourth-order valence-electron chi connectivity index (χ4n) is 2.22. The Balaban J connectivity index is 2.62. The van der Waals surface area contributed by atoms with Crippen molar-refractivity contribution in [1.82, 2.24) is 0 Å². The average molecular weight is 273 g/mol. The van der Waals surface area contributed by atoms with E-state index in [-0.39, 0.29) is 0 Å². The SMILES string of the molecule is C=C(C=N)OCC1=C/C(C)/C=C(/CCC(C)C)C/C=C\1. The highest BCUT2D eigenvalue weighted by atomic mass is 16.5. The Morgan fingerprint density at radius 2 is 2.25 bits per heavy atom. The molecule has 0 aromatic rings. The van der Waals surface area contributed by atoms with Gasteiger partial charge in [-0.1, -0.05) is 57.2 Å². The van der Waals surface area contributed by atoms with Gasteiger partial charge in [-0.2, -0.15) is 0 Å². The number of nitrogens with one attached hydrogen (secondary N) is 1. The Hall–Kier alpha value is -1.57. The monoisotopic (exact) mass is 273 g/mol. The molecule has 20 heavy (non-hydrogen) atoms. The van der Waals surface area contributed by atoms with Gasteiger partial charge in [0.25, 0.3) is 0 Å². The maximum atomic E-state index is 7.05. The van der Waals surface area contributed by atoms with Crippen molar-refractivity contribution in [3.63, 3.8) is 0 Å². The summed E-state index contributed by atoms with van der Waals surface area (Å²) in [6.45, 7) is 10.9. The minimum Gasteiger partial charge on any atom is -0.488 e. The Kier molecular flexibility index (Phi) is 7.06. The van der Waals surface area contributed by atoms with E-state index in [2.05, 4.69) is 51.7 Å². The number of hydrogen-bond donors (Lipinski definition) is 1. The summed E-state index contributed by atoms with van der Waals surface area (Å²) in [6.07, 6.45) is 13.6. The van der Waals surface area contributed by atoms with E-state index in [1.54, 1.807) is 0 Å². The van der Waals surface area contributed by atoms with Gasteiger partial charge in [0, 0.05) is 0 Å². The summed E-state index contributed by atoms with van der Waals surface area (Å²) in [4.78, 5) is 0. The summed E-state index contributed by atoms with van der Waals surface area (Å²) < 4.78 is 5.40. The van der Waals surface area contributed by atoms with Crippen LogP contribution in [0.3, 0.4) is 0 Å². The topological polar surface area (TPSA) is 33.1 Å². The van der Waals surface area contributed by atoms with Crippen molar-refractivity contribution < 1.29 is 4.74 Å². The number of rotatable bonds is 7. The van der Waals surface area contributed by atoms with Crippen molar-refractivity contribution in [3.8, 4) is 0 Å². The highest BCUT2D eigenvalue weighted by molar-refractivity contribution is 5.71. The van der Waals surface area contributed by atoms with Crippen LogP contribution in [0.15, 0.2) is 47.8 Å². The third-order valence-electron chi connectivity index (χ3n) is 3.32. The lowest BCUT2D eigenvalue weighted by atomic mass is 9.94. The molecule has 0 aromatic carbocycles. The van der Waals surface area contributed by atoms with Crippen molar-refractivity contribution in [1.29, 1.82) is 5.41 Å². The normalized spacial score (nSPS) is 25.7. The molecule has 1 rings (SSSR count). The molecule has 2 heteroatoms. The predicted octanol–water partition coefficient (Wildman–Crippen LogP) is 5.05. The van der Waals surface area contributed by atoms with E-state index in [9.17, 15) is 0 Å². The van der Waals surface area contributed by atoms with Crippen LogP contribution in [0.5, 0.6) is 0 Å². The van der Waals surface area contributed by atoms with E-state index in [4.69, 9.17) is 10.1 Å². The quantitative estimate of drug-likeness (QED) is 0.393. The first kappa shape index (κ1) is 16.5. The molecule has 0 aliphatic heterocycles. The molecule has 1 atom stereocenters. The molecule has 0 heterocycles. The van der Waals surface area contributed by atoms with E-state index < -0.39 is 0 Å². The van der Waals surface area contributed by atoms with Crippen molar-refractivity contribution in [2.75, 3.05) is 6.61 Å². The molecule has 0 saturated heterocycles. The maximum absolute atomic E-state index is 7.05. The van der Waals surface area contributed by atoms with Gasteiger partial charge in [0.2, 0.25) is 0 Å². The summed E-state index contributed by atoms with van der Waals surface area (Å²) >= 11 is 0. The molecule has 110 valence electrons. The first-order valence-electron chi connectivity index (χ1n) is 7.40. The van der Waals surface area contributed by atoms with Gasteiger partial charge < -0.3 is 10.1 Å². The second-order valence-electron chi connectivity index (χ2n) is 5.86. The smallest absolute Gasteiger partial charge is 0.130 e. The molecular weight excluding hydrogens is 246 g/mol. The number of ether oxygens (including phenoxy) is 1. The van der Waals surface area contributed by atoms with Crippen molar-refractivity contribution >= 4 is 6.21 Å². The summed E-state index contributed by atoms with van der Waals surface area (Å²) in [7, 11) is 0. The molecule has 1 aliphatic carbocycles. The average Bonchev–Trinajstić information content (AvgIpc) is 2.38. The lowest BCUT2D eigenvalue weighted by Gasteiger charge is -2.14. The second-order valence-corrected chi connectivity index (χ2v) is 5.86. The molecule has 0 saturated carbocycles. The van der Waals surface area contributed by atoms with Gasteiger partial charge in [0.05, 0.1) is 6.21 Å². The molecular formula is C18H27NO. The zero-order valence-electron chi connectivity index (χ0n) is 13.0. The maximum Gasteiger partial charge on any atom is 0.130 e. The molecule has 0 spiro atoms. The van der Waals surface area contributed by atoms with Crippen LogP contribution in [-0.2, 0) is 4.74 Å². The van der Waals surface area contributed by atoms with E-state index in [1.807, 2.05) is 0 Å². The van der Waals surface area contributed by atoms with Gasteiger partial charge in [-0.05, 0) is 36.7 Å². The molecule has 0 fully saturated rings. The predicted molar refractivity (Wildman–Crippen MR) is 87.0 cm³/mol. The van der Waals surface area contributed by atoms with Gasteiger partial charge in [-0.3, -0.25) is 0 Å². The fraction of sp³-hybridized carbons (Fsp3) is 0.500. The van der Waals surface area contributed by atoms with Gasteiger partial charge in [-0.15, -0.1) is 0 Å². The number of hydrogen-bond acceptors (Lipinski definition) is 2. The molecule has 1 N–H and O–H groups in total. The van der Waals surface area contributed by atoms with Gasteiger partial charge >= 0.3 is 0 Å². The first-order valence-corrected chi connectivity index (χ1v) is 7.40. The van der Waals surface area contributed by atoms with Crippen molar-refractivity contribution in [2.45, 2.75) is 40.0 Å². The van der Waals surface area contributed by atoms with Crippen LogP contribution in [0.4, 0.5) is 0 Å². The Morgan fingerprint density at radius 3 is 2.90 bits per heavy atom. The van der Waals surface area contributed by atoms with E-state index >= 15 is 0 Å². The summed E-state index contributed by atoms with van der Waals surface area (Å²) in [5.74, 6) is 1.59. The van der Waals surface area contributed by atoms with Crippen LogP contribution in [0.2, 0.25) is 0 Å². The van der Waals surface area contributed by atoms with E-state index in [1.165, 1.54) is 18.4 Å². The zero-order valence-corrected chi connectivity index (χ0v) is 13.0.